The lowest BCUT2D eigenvalue weighted by Gasteiger charge is -2.15. The zero-order valence-corrected chi connectivity index (χ0v) is 15.7. The number of fused-ring (bicyclic) bond motifs is 1. The van der Waals surface area contributed by atoms with Gasteiger partial charge in [-0.05, 0) is 41.5 Å². The Balaban J connectivity index is 1.43. The zero-order chi connectivity index (χ0) is 19.5. The third-order valence-corrected chi connectivity index (χ3v) is 5.20. The fraction of sp³-hybridized carbons (Fsp3) is 0.150. The fourth-order valence-electron chi connectivity index (χ4n) is 3.09. The third-order valence-electron chi connectivity index (χ3n) is 4.53. The molecule has 0 bridgehead atoms. The predicted octanol–water partition coefficient (Wildman–Crippen LogP) is 2.83. The highest BCUT2D eigenvalue weighted by Crippen LogP contribution is 2.25. The largest absolute Gasteiger partial charge is 0.366 e. The standard InChI is InChI=1S/C20H18N4O3S/c25-20-17-7-8-19(22-11-15-2-1-9-21-10-15)23-18(17)13-24(20)12-14-3-5-16(6-4-14)28(26)27/h1-10H,11-13H2,(H,22,23)(H,26,27). The smallest absolute Gasteiger partial charge is 0.256 e. The molecule has 142 valence electrons. The van der Waals surface area contributed by atoms with E-state index in [9.17, 15) is 9.00 Å². The molecule has 2 N–H and O–H groups in total. The number of hydrogen-bond donors (Lipinski definition) is 2. The summed E-state index contributed by atoms with van der Waals surface area (Å²) >= 11 is -2.00. The Morgan fingerprint density at radius 3 is 2.64 bits per heavy atom. The molecule has 3 heterocycles. The number of carbonyl (C=O) groups excluding carboxylic acids is 1. The number of benzene rings is 1. The van der Waals surface area contributed by atoms with Crippen LogP contribution in [0.3, 0.4) is 0 Å². The maximum atomic E-state index is 12.6. The van der Waals surface area contributed by atoms with Gasteiger partial charge in [0.1, 0.15) is 5.82 Å². The van der Waals surface area contributed by atoms with Crippen LogP contribution in [0.15, 0.2) is 65.8 Å². The second kappa shape index (κ2) is 7.87. The number of pyridine rings is 2. The van der Waals surface area contributed by atoms with Crippen molar-refractivity contribution in [2.75, 3.05) is 5.32 Å². The van der Waals surface area contributed by atoms with Crippen LogP contribution in [0.5, 0.6) is 0 Å². The molecule has 0 fully saturated rings. The van der Waals surface area contributed by atoms with Crippen molar-refractivity contribution >= 4 is 22.8 Å². The molecule has 2 aromatic heterocycles. The summed E-state index contributed by atoms with van der Waals surface area (Å²) < 4.78 is 20.2. The second-order valence-corrected chi connectivity index (χ2v) is 7.43. The molecule has 8 heteroatoms. The minimum absolute atomic E-state index is 0.0591. The van der Waals surface area contributed by atoms with Gasteiger partial charge in [-0.15, -0.1) is 0 Å². The van der Waals surface area contributed by atoms with Crippen molar-refractivity contribution in [3.8, 4) is 0 Å². The van der Waals surface area contributed by atoms with E-state index in [1.807, 2.05) is 18.2 Å². The summed E-state index contributed by atoms with van der Waals surface area (Å²) in [6, 6.07) is 14.2. The molecule has 1 amide bonds. The van der Waals surface area contributed by atoms with Crippen LogP contribution in [-0.4, -0.2) is 29.5 Å². The van der Waals surface area contributed by atoms with Gasteiger partial charge in [0.25, 0.3) is 5.91 Å². The molecular weight excluding hydrogens is 376 g/mol. The summed E-state index contributed by atoms with van der Waals surface area (Å²) in [5.74, 6) is 0.656. The van der Waals surface area contributed by atoms with Crippen LogP contribution >= 0.6 is 0 Å². The van der Waals surface area contributed by atoms with Crippen molar-refractivity contribution in [3.05, 3.63) is 83.3 Å². The van der Waals surface area contributed by atoms with Crippen LogP contribution in [0.1, 0.15) is 27.2 Å². The topological polar surface area (TPSA) is 95.4 Å². The molecule has 0 saturated heterocycles. The molecule has 7 nitrogen and oxygen atoms in total. The maximum absolute atomic E-state index is 12.6. The molecule has 1 atom stereocenters. The lowest BCUT2D eigenvalue weighted by atomic mass is 10.2. The molecule has 4 rings (SSSR count). The average molecular weight is 394 g/mol. The Kier molecular flexibility index (Phi) is 5.14. The summed E-state index contributed by atoms with van der Waals surface area (Å²) in [7, 11) is 0. The highest BCUT2D eigenvalue weighted by Gasteiger charge is 2.28. The van der Waals surface area contributed by atoms with Crippen molar-refractivity contribution in [3.63, 3.8) is 0 Å². The number of nitrogens with one attached hydrogen (secondary N) is 1. The first-order chi connectivity index (χ1) is 13.6. The van der Waals surface area contributed by atoms with Gasteiger partial charge in [0.2, 0.25) is 0 Å². The second-order valence-electron chi connectivity index (χ2n) is 6.46. The quantitative estimate of drug-likeness (QED) is 0.624. The van der Waals surface area contributed by atoms with Crippen LogP contribution in [-0.2, 0) is 30.7 Å². The van der Waals surface area contributed by atoms with Gasteiger partial charge in [0.05, 0.1) is 22.7 Å². The molecule has 28 heavy (non-hydrogen) atoms. The average Bonchev–Trinajstić information content (AvgIpc) is 3.02. The molecule has 0 radical (unpaired) electrons. The van der Waals surface area contributed by atoms with Gasteiger partial charge in [-0.3, -0.25) is 9.78 Å². The predicted molar refractivity (Wildman–Crippen MR) is 105 cm³/mol. The van der Waals surface area contributed by atoms with Crippen LogP contribution in [0, 0.1) is 0 Å². The Bertz CT molecular complexity index is 1030. The molecule has 1 unspecified atom stereocenters. The van der Waals surface area contributed by atoms with Crippen LogP contribution in [0.4, 0.5) is 5.82 Å². The Morgan fingerprint density at radius 2 is 1.93 bits per heavy atom. The Labute approximate surface area is 164 Å². The van der Waals surface area contributed by atoms with Gasteiger partial charge >= 0.3 is 0 Å². The summed E-state index contributed by atoms with van der Waals surface area (Å²) in [4.78, 5) is 23.4. The molecule has 3 aromatic rings. The number of nitrogens with zero attached hydrogens (tertiary/aromatic N) is 3. The highest BCUT2D eigenvalue weighted by molar-refractivity contribution is 7.79. The van der Waals surface area contributed by atoms with Crippen LogP contribution in [0.2, 0.25) is 0 Å². The van der Waals surface area contributed by atoms with Crippen molar-refractivity contribution < 1.29 is 13.6 Å². The number of hydrogen-bond acceptors (Lipinski definition) is 5. The van der Waals surface area contributed by atoms with Gasteiger partial charge in [0, 0.05) is 25.5 Å². The van der Waals surface area contributed by atoms with E-state index in [1.54, 1.807) is 47.6 Å². The number of carbonyl (C=O) groups is 1. The normalized spacial score (nSPS) is 14.0. The maximum Gasteiger partial charge on any atom is 0.256 e. The monoisotopic (exact) mass is 394 g/mol. The molecular formula is C20H18N4O3S. The van der Waals surface area contributed by atoms with Gasteiger partial charge in [-0.1, -0.05) is 18.2 Å². The van der Waals surface area contributed by atoms with E-state index in [1.165, 1.54) is 0 Å². The zero-order valence-electron chi connectivity index (χ0n) is 14.9. The summed E-state index contributed by atoms with van der Waals surface area (Å²) in [6.07, 6.45) is 3.53. The van der Waals surface area contributed by atoms with Crippen molar-refractivity contribution in [2.45, 2.75) is 24.5 Å². The van der Waals surface area contributed by atoms with E-state index < -0.39 is 11.1 Å². The number of aromatic nitrogens is 2. The minimum atomic E-state index is -2.00. The van der Waals surface area contributed by atoms with E-state index in [2.05, 4.69) is 15.3 Å². The fourth-order valence-corrected chi connectivity index (χ4v) is 3.46. The first-order valence-corrected chi connectivity index (χ1v) is 9.82. The SMILES string of the molecule is O=C1c2ccc(NCc3cccnc3)nc2CN1Cc1ccc(S(=O)O)cc1. The van der Waals surface area contributed by atoms with Crippen LogP contribution in [0.25, 0.3) is 0 Å². The lowest BCUT2D eigenvalue weighted by molar-refractivity contribution is 0.0766. The van der Waals surface area contributed by atoms with Gasteiger partial charge in [-0.25, -0.2) is 9.19 Å². The molecule has 0 saturated carbocycles. The highest BCUT2D eigenvalue weighted by atomic mass is 32.2. The summed E-state index contributed by atoms with van der Waals surface area (Å²) in [5, 5.41) is 3.25. The lowest BCUT2D eigenvalue weighted by Crippen LogP contribution is -2.23. The third kappa shape index (κ3) is 3.92. The van der Waals surface area contributed by atoms with E-state index in [0.29, 0.717) is 35.9 Å². The van der Waals surface area contributed by atoms with Gasteiger partial charge < -0.3 is 14.8 Å². The number of amides is 1. The Hall–Kier alpha value is -3.10. The molecule has 0 aliphatic carbocycles. The van der Waals surface area contributed by atoms with E-state index in [0.717, 1.165) is 16.8 Å². The number of anilines is 1. The van der Waals surface area contributed by atoms with Gasteiger partial charge in [-0.2, -0.15) is 0 Å². The molecule has 1 aliphatic heterocycles. The minimum Gasteiger partial charge on any atom is -0.366 e. The number of rotatable bonds is 6. The molecule has 1 aliphatic rings. The van der Waals surface area contributed by atoms with Crippen molar-refractivity contribution in [1.82, 2.24) is 14.9 Å². The first kappa shape index (κ1) is 18.3. The first-order valence-electron chi connectivity index (χ1n) is 8.72. The summed E-state index contributed by atoms with van der Waals surface area (Å²) in [5.41, 5.74) is 3.30. The Morgan fingerprint density at radius 1 is 1.11 bits per heavy atom. The van der Waals surface area contributed by atoms with Crippen molar-refractivity contribution in [1.29, 1.82) is 0 Å². The van der Waals surface area contributed by atoms with Crippen LogP contribution < -0.4 is 5.32 Å². The van der Waals surface area contributed by atoms with E-state index in [-0.39, 0.29) is 5.91 Å². The van der Waals surface area contributed by atoms with Gasteiger partial charge in [0.15, 0.2) is 11.1 Å². The summed E-state index contributed by atoms with van der Waals surface area (Å²) in [6.45, 7) is 1.46. The molecule has 0 spiro atoms. The van der Waals surface area contributed by atoms with E-state index in [4.69, 9.17) is 4.55 Å². The van der Waals surface area contributed by atoms with Crippen molar-refractivity contribution in [2.24, 2.45) is 0 Å². The molecule has 1 aromatic carbocycles. The van der Waals surface area contributed by atoms with E-state index >= 15 is 0 Å².